The maximum absolute atomic E-state index is 11.5. The standard InChI is InChI=1S/C11H11IO/c12-10-5-1-8(2-6-10)7-11(13)9-3-4-9/h1-2,5-6,9H,3-4,7H2. The Balaban J connectivity index is 2.00. The molecule has 13 heavy (non-hydrogen) atoms. The molecule has 0 aliphatic heterocycles. The zero-order valence-electron chi connectivity index (χ0n) is 7.29. The van der Waals surface area contributed by atoms with Crippen LogP contribution in [0.15, 0.2) is 24.3 Å². The molecule has 0 aromatic heterocycles. The summed E-state index contributed by atoms with van der Waals surface area (Å²) >= 11 is 2.27. The van der Waals surface area contributed by atoms with Crippen LogP contribution in [0.3, 0.4) is 0 Å². The molecule has 0 atom stereocenters. The quantitative estimate of drug-likeness (QED) is 0.781. The second-order valence-corrected chi connectivity index (χ2v) is 4.79. The van der Waals surface area contributed by atoms with Crippen molar-refractivity contribution < 1.29 is 4.79 Å². The van der Waals surface area contributed by atoms with Gasteiger partial charge in [-0.1, -0.05) is 12.1 Å². The van der Waals surface area contributed by atoms with E-state index in [1.54, 1.807) is 0 Å². The van der Waals surface area contributed by atoms with Crippen molar-refractivity contribution in [3.63, 3.8) is 0 Å². The lowest BCUT2D eigenvalue weighted by Gasteiger charge is -1.99. The fraction of sp³-hybridized carbons (Fsp3) is 0.364. The Kier molecular flexibility index (Phi) is 2.67. The number of benzene rings is 1. The van der Waals surface area contributed by atoms with Gasteiger partial charge in [0.1, 0.15) is 5.78 Å². The highest BCUT2D eigenvalue weighted by molar-refractivity contribution is 14.1. The Hall–Kier alpha value is -0.380. The lowest BCUT2D eigenvalue weighted by molar-refractivity contribution is -0.119. The van der Waals surface area contributed by atoms with E-state index in [1.807, 2.05) is 12.1 Å². The summed E-state index contributed by atoms with van der Waals surface area (Å²) in [5, 5.41) is 0. The van der Waals surface area contributed by atoms with Crippen molar-refractivity contribution in [3.8, 4) is 0 Å². The predicted octanol–water partition coefficient (Wildman–Crippen LogP) is 2.81. The van der Waals surface area contributed by atoms with Crippen LogP contribution in [0.25, 0.3) is 0 Å². The SMILES string of the molecule is O=C(Cc1ccc(I)cc1)C1CC1. The molecule has 0 N–H and O–H groups in total. The molecular formula is C11H11IO. The predicted molar refractivity (Wildman–Crippen MR) is 60.6 cm³/mol. The van der Waals surface area contributed by atoms with Gasteiger partial charge in [0.15, 0.2) is 0 Å². The van der Waals surface area contributed by atoms with Crippen LogP contribution < -0.4 is 0 Å². The molecular weight excluding hydrogens is 275 g/mol. The first-order chi connectivity index (χ1) is 6.25. The number of ketones is 1. The number of rotatable bonds is 3. The number of hydrogen-bond donors (Lipinski definition) is 0. The minimum absolute atomic E-state index is 0.388. The van der Waals surface area contributed by atoms with Crippen molar-refractivity contribution in [3.05, 3.63) is 33.4 Å². The van der Waals surface area contributed by atoms with Gasteiger partial charge in [-0.15, -0.1) is 0 Å². The van der Waals surface area contributed by atoms with Gasteiger partial charge >= 0.3 is 0 Å². The second kappa shape index (κ2) is 3.78. The first kappa shape index (κ1) is 9.19. The molecule has 0 radical (unpaired) electrons. The van der Waals surface area contributed by atoms with Crippen molar-refractivity contribution in [2.45, 2.75) is 19.3 Å². The van der Waals surface area contributed by atoms with E-state index in [0.29, 0.717) is 18.1 Å². The Morgan fingerprint density at radius 3 is 2.46 bits per heavy atom. The average molecular weight is 286 g/mol. The van der Waals surface area contributed by atoms with E-state index < -0.39 is 0 Å². The van der Waals surface area contributed by atoms with E-state index in [9.17, 15) is 4.79 Å². The molecule has 0 unspecified atom stereocenters. The summed E-state index contributed by atoms with van der Waals surface area (Å²) in [4.78, 5) is 11.5. The Morgan fingerprint density at radius 2 is 1.92 bits per heavy atom. The van der Waals surface area contributed by atoms with Crippen LogP contribution in [0.5, 0.6) is 0 Å². The summed E-state index contributed by atoms with van der Waals surface area (Å²) in [5.74, 6) is 0.806. The minimum atomic E-state index is 0.388. The van der Waals surface area contributed by atoms with Gasteiger partial charge < -0.3 is 0 Å². The molecule has 0 saturated heterocycles. The molecule has 1 aliphatic carbocycles. The Morgan fingerprint density at radius 1 is 1.31 bits per heavy atom. The highest BCUT2D eigenvalue weighted by atomic mass is 127. The first-order valence-corrected chi connectivity index (χ1v) is 5.61. The van der Waals surface area contributed by atoms with Crippen LogP contribution in [0, 0.1) is 9.49 Å². The van der Waals surface area contributed by atoms with Crippen molar-refractivity contribution in [2.24, 2.45) is 5.92 Å². The van der Waals surface area contributed by atoms with Crippen LogP contribution in [0.1, 0.15) is 18.4 Å². The molecule has 0 spiro atoms. The third-order valence-corrected chi connectivity index (χ3v) is 3.04. The molecule has 0 bridgehead atoms. The molecule has 1 saturated carbocycles. The molecule has 1 aromatic rings. The maximum atomic E-state index is 11.5. The van der Waals surface area contributed by atoms with Gasteiger partial charge in [-0.25, -0.2) is 0 Å². The van der Waals surface area contributed by atoms with Crippen molar-refractivity contribution in [1.29, 1.82) is 0 Å². The topological polar surface area (TPSA) is 17.1 Å². The van der Waals surface area contributed by atoms with Crippen LogP contribution in [0.2, 0.25) is 0 Å². The molecule has 1 aliphatic rings. The molecule has 1 fully saturated rings. The van der Waals surface area contributed by atoms with Gasteiger partial charge in [-0.2, -0.15) is 0 Å². The monoisotopic (exact) mass is 286 g/mol. The third kappa shape index (κ3) is 2.53. The highest BCUT2D eigenvalue weighted by Gasteiger charge is 2.28. The molecule has 2 rings (SSSR count). The van der Waals surface area contributed by atoms with Gasteiger partial charge in [-0.3, -0.25) is 4.79 Å². The minimum Gasteiger partial charge on any atom is -0.299 e. The van der Waals surface area contributed by atoms with Crippen LogP contribution in [-0.4, -0.2) is 5.78 Å². The smallest absolute Gasteiger partial charge is 0.140 e. The average Bonchev–Trinajstić information content (AvgIpc) is 2.91. The molecule has 1 aromatic carbocycles. The van der Waals surface area contributed by atoms with Crippen LogP contribution in [0.4, 0.5) is 0 Å². The van der Waals surface area contributed by atoms with E-state index in [-0.39, 0.29) is 0 Å². The van der Waals surface area contributed by atoms with Gasteiger partial charge in [0.25, 0.3) is 0 Å². The van der Waals surface area contributed by atoms with E-state index >= 15 is 0 Å². The summed E-state index contributed by atoms with van der Waals surface area (Å²) < 4.78 is 1.22. The largest absolute Gasteiger partial charge is 0.299 e. The van der Waals surface area contributed by atoms with Gasteiger partial charge in [0.05, 0.1) is 0 Å². The first-order valence-electron chi connectivity index (χ1n) is 4.53. The fourth-order valence-electron chi connectivity index (χ4n) is 1.35. The van der Waals surface area contributed by atoms with E-state index in [0.717, 1.165) is 18.4 Å². The van der Waals surface area contributed by atoms with Crippen LogP contribution >= 0.6 is 22.6 Å². The molecule has 1 nitrogen and oxygen atoms in total. The number of halogens is 1. The Labute approximate surface area is 91.7 Å². The number of carbonyl (C=O) groups excluding carboxylic acids is 1. The zero-order chi connectivity index (χ0) is 9.26. The number of Topliss-reactive ketones (excluding diaryl/α,β-unsaturated/α-hetero) is 1. The van der Waals surface area contributed by atoms with Crippen molar-refractivity contribution in [2.75, 3.05) is 0 Å². The summed E-state index contributed by atoms with van der Waals surface area (Å²) in [6, 6.07) is 8.19. The fourth-order valence-corrected chi connectivity index (χ4v) is 1.71. The second-order valence-electron chi connectivity index (χ2n) is 3.54. The molecule has 68 valence electrons. The molecule has 2 heteroatoms. The van der Waals surface area contributed by atoms with Gasteiger partial charge in [-0.05, 0) is 53.1 Å². The van der Waals surface area contributed by atoms with Gasteiger partial charge in [0.2, 0.25) is 0 Å². The number of carbonyl (C=O) groups is 1. The van der Waals surface area contributed by atoms with E-state index in [1.165, 1.54) is 3.57 Å². The van der Waals surface area contributed by atoms with E-state index in [2.05, 4.69) is 34.7 Å². The zero-order valence-corrected chi connectivity index (χ0v) is 9.45. The third-order valence-electron chi connectivity index (χ3n) is 2.32. The highest BCUT2D eigenvalue weighted by Crippen LogP contribution is 2.30. The maximum Gasteiger partial charge on any atom is 0.140 e. The van der Waals surface area contributed by atoms with Crippen LogP contribution in [-0.2, 0) is 11.2 Å². The summed E-state index contributed by atoms with van der Waals surface area (Å²) in [7, 11) is 0. The summed E-state index contributed by atoms with van der Waals surface area (Å²) in [6.45, 7) is 0. The summed E-state index contributed by atoms with van der Waals surface area (Å²) in [5.41, 5.74) is 1.15. The van der Waals surface area contributed by atoms with Crippen molar-refractivity contribution >= 4 is 28.4 Å². The molecule has 0 heterocycles. The van der Waals surface area contributed by atoms with E-state index in [4.69, 9.17) is 0 Å². The van der Waals surface area contributed by atoms with Gasteiger partial charge in [0, 0.05) is 15.9 Å². The lowest BCUT2D eigenvalue weighted by atomic mass is 10.1. The molecule has 0 amide bonds. The lowest BCUT2D eigenvalue weighted by Crippen LogP contribution is -2.04. The summed E-state index contributed by atoms with van der Waals surface area (Å²) in [6.07, 6.45) is 2.86. The van der Waals surface area contributed by atoms with Crippen molar-refractivity contribution in [1.82, 2.24) is 0 Å². The normalized spacial score (nSPS) is 15.8. The Bertz CT molecular complexity index is 311. The number of hydrogen-bond acceptors (Lipinski definition) is 1.